The third-order valence-electron chi connectivity index (χ3n) is 5.93. The number of benzene rings is 1. The molecule has 1 aliphatic heterocycles. The van der Waals surface area contributed by atoms with E-state index in [4.69, 9.17) is 10.5 Å². The fourth-order valence-corrected chi connectivity index (χ4v) is 4.12. The summed E-state index contributed by atoms with van der Waals surface area (Å²) < 4.78 is 44.3. The summed E-state index contributed by atoms with van der Waals surface area (Å²) in [5.41, 5.74) is 8.29. The van der Waals surface area contributed by atoms with Gasteiger partial charge in [-0.3, -0.25) is 9.78 Å². The van der Waals surface area contributed by atoms with Crippen LogP contribution in [0.1, 0.15) is 52.7 Å². The third kappa shape index (κ3) is 4.69. The number of aliphatic hydroxyl groups is 1. The predicted molar refractivity (Wildman–Crippen MR) is 120 cm³/mol. The molecule has 34 heavy (non-hydrogen) atoms. The van der Waals surface area contributed by atoms with Gasteiger partial charge >= 0.3 is 6.18 Å². The lowest BCUT2D eigenvalue weighted by Crippen LogP contribution is -2.35. The van der Waals surface area contributed by atoms with Crippen LogP contribution in [-0.4, -0.2) is 39.0 Å². The number of halogens is 3. The maximum absolute atomic E-state index is 13.5. The first-order chi connectivity index (χ1) is 16.1. The minimum absolute atomic E-state index is 0.00239. The van der Waals surface area contributed by atoms with Crippen LogP contribution in [0.15, 0.2) is 36.5 Å². The summed E-state index contributed by atoms with van der Waals surface area (Å²) >= 11 is 0. The number of ether oxygens (including phenoxy) is 1. The van der Waals surface area contributed by atoms with Crippen LogP contribution in [0, 0.1) is 5.92 Å². The zero-order valence-electron chi connectivity index (χ0n) is 18.8. The normalized spacial score (nSPS) is 16.5. The van der Waals surface area contributed by atoms with Crippen LogP contribution >= 0.6 is 0 Å². The number of aromatic nitrogens is 2. The summed E-state index contributed by atoms with van der Waals surface area (Å²) in [6.07, 6.45) is -3.93. The molecular formula is C24H25F3N4O3. The molecule has 7 nitrogen and oxygen atoms in total. The van der Waals surface area contributed by atoms with Crippen LogP contribution in [0.4, 0.5) is 19.0 Å². The number of nitrogen functional groups attached to an aromatic ring is 1. The van der Waals surface area contributed by atoms with Crippen molar-refractivity contribution in [3.05, 3.63) is 64.5 Å². The SMILES string of the molecule is C[C@H](CO)CN(Cc1ccc(C(F)(F)F)cn1)C(=O)c1ccc2nc(N)c3c(c2c1)CO[C@H]3C. The maximum Gasteiger partial charge on any atom is 0.417 e. The molecule has 1 aromatic carbocycles. The Morgan fingerprint density at radius 2 is 2.09 bits per heavy atom. The number of hydrogen-bond acceptors (Lipinski definition) is 6. The average molecular weight is 474 g/mol. The zero-order chi connectivity index (χ0) is 24.6. The van der Waals surface area contributed by atoms with E-state index in [1.807, 2.05) is 6.92 Å². The summed E-state index contributed by atoms with van der Waals surface area (Å²) in [6.45, 7) is 4.08. The second-order valence-electron chi connectivity index (χ2n) is 8.58. The van der Waals surface area contributed by atoms with Crippen molar-refractivity contribution in [2.24, 2.45) is 5.92 Å². The van der Waals surface area contributed by atoms with Gasteiger partial charge in [0, 0.05) is 35.9 Å². The van der Waals surface area contributed by atoms with Crippen molar-refractivity contribution >= 4 is 22.6 Å². The van der Waals surface area contributed by atoms with Crippen molar-refractivity contribution in [3.8, 4) is 0 Å². The van der Waals surface area contributed by atoms with E-state index in [9.17, 15) is 23.1 Å². The van der Waals surface area contributed by atoms with E-state index in [0.29, 0.717) is 29.2 Å². The molecule has 0 spiro atoms. The molecular weight excluding hydrogens is 449 g/mol. The highest BCUT2D eigenvalue weighted by molar-refractivity contribution is 5.99. The molecule has 0 fully saturated rings. The molecule has 0 saturated carbocycles. The van der Waals surface area contributed by atoms with Crippen LogP contribution in [0.2, 0.25) is 0 Å². The Morgan fingerprint density at radius 1 is 1.32 bits per heavy atom. The number of carbonyl (C=O) groups is 1. The highest BCUT2D eigenvalue weighted by Gasteiger charge is 2.31. The molecule has 10 heteroatoms. The first-order valence-electron chi connectivity index (χ1n) is 10.8. The van der Waals surface area contributed by atoms with Crippen LogP contribution in [0.25, 0.3) is 10.9 Å². The van der Waals surface area contributed by atoms with Crippen LogP contribution in [0.5, 0.6) is 0 Å². The number of rotatable bonds is 6. The Balaban J connectivity index is 1.67. The van der Waals surface area contributed by atoms with Crippen molar-refractivity contribution in [2.45, 2.75) is 39.3 Å². The lowest BCUT2D eigenvalue weighted by Gasteiger charge is -2.25. The molecule has 3 heterocycles. The summed E-state index contributed by atoms with van der Waals surface area (Å²) in [5.74, 6) is -0.168. The van der Waals surface area contributed by atoms with Gasteiger partial charge in [0.1, 0.15) is 5.82 Å². The molecule has 0 radical (unpaired) electrons. The fourth-order valence-electron chi connectivity index (χ4n) is 4.12. The van der Waals surface area contributed by atoms with Gasteiger partial charge < -0.3 is 20.5 Å². The van der Waals surface area contributed by atoms with E-state index in [1.54, 1.807) is 25.1 Å². The Morgan fingerprint density at radius 3 is 2.74 bits per heavy atom. The van der Waals surface area contributed by atoms with Gasteiger partial charge in [0.2, 0.25) is 0 Å². The largest absolute Gasteiger partial charge is 0.417 e. The maximum atomic E-state index is 13.5. The Bertz CT molecular complexity index is 1210. The highest BCUT2D eigenvalue weighted by atomic mass is 19.4. The smallest absolute Gasteiger partial charge is 0.396 e. The monoisotopic (exact) mass is 474 g/mol. The average Bonchev–Trinajstić information content (AvgIpc) is 3.20. The number of nitrogens with zero attached hydrogens (tertiary/aromatic N) is 3. The number of hydrogen-bond donors (Lipinski definition) is 2. The third-order valence-corrected chi connectivity index (χ3v) is 5.93. The van der Waals surface area contributed by atoms with Gasteiger partial charge in [-0.05, 0) is 48.7 Å². The van der Waals surface area contributed by atoms with Crippen LogP contribution in [-0.2, 0) is 24.1 Å². The summed E-state index contributed by atoms with van der Waals surface area (Å²) in [6, 6.07) is 7.29. The molecule has 0 saturated heterocycles. The first-order valence-corrected chi connectivity index (χ1v) is 10.8. The molecule has 1 amide bonds. The lowest BCUT2D eigenvalue weighted by molar-refractivity contribution is -0.137. The van der Waals surface area contributed by atoms with Crippen LogP contribution < -0.4 is 5.73 Å². The Hall–Kier alpha value is -3.24. The van der Waals surface area contributed by atoms with E-state index in [2.05, 4.69) is 9.97 Å². The fraction of sp³-hybridized carbons (Fsp3) is 0.375. The topological polar surface area (TPSA) is 102 Å². The first kappa shape index (κ1) is 23.9. The lowest BCUT2D eigenvalue weighted by atomic mass is 10.00. The molecule has 0 bridgehead atoms. The van der Waals surface area contributed by atoms with Crippen molar-refractivity contribution in [3.63, 3.8) is 0 Å². The van der Waals surface area contributed by atoms with Crippen molar-refractivity contribution in [1.29, 1.82) is 0 Å². The van der Waals surface area contributed by atoms with Gasteiger partial charge in [-0.25, -0.2) is 4.98 Å². The van der Waals surface area contributed by atoms with Gasteiger partial charge in [-0.1, -0.05) is 6.92 Å². The van der Waals surface area contributed by atoms with Gasteiger partial charge in [0.15, 0.2) is 0 Å². The molecule has 3 N–H and O–H groups in total. The molecule has 2 atom stereocenters. The Labute approximate surface area is 194 Å². The van der Waals surface area contributed by atoms with Crippen molar-refractivity contribution < 1.29 is 27.8 Å². The zero-order valence-corrected chi connectivity index (χ0v) is 18.8. The number of pyridine rings is 2. The minimum Gasteiger partial charge on any atom is -0.396 e. The van der Waals surface area contributed by atoms with E-state index in [1.165, 1.54) is 11.0 Å². The molecule has 180 valence electrons. The van der Waals surface area contributed by atoms with Crippen molar-refractivity contribution in [1.82, 2.24) is 14.9 Å². The van der Waals surface area contributed by atoms with Gasteiger partial charge in [-0.2, -0.15) is 13.2 Å². The number of anilines is 1. The summed E-state index contributed by atoms with van der Waals surface area (Å²) in [5, 5.41) is 10.3. The van der Waals surface area contributed by atoms with Crippen LogP contribution in [0.3, 0.4) is 0 Å². The number of amides is 1. The van der Waals surface area contributed by atoms with Crippen molar-refractivity contribution in [2.75, 3.05) is 18.9 Å². The van der Waals surface area contributed by atoms with E-state index in [0.717, 1.165) is 28.8 Å². The number of aliphatic hydroxyl groups excluding tert-OH is 1. The molecule has 3 aromatic rings. The Kier molecular flexibility index (Phi) is 6.46. The molecule has 1 aliphatic rings. The second-order valence-corrected chi connectivity index (χ2v) is 8.58. The molecule has 2 aromatic heterocycles. The molecule has 0 unspecified atom stereocenters. The minimum atomic E-state index is -4.49. The number of fused-ring (bicyclic) bond motifs is 3. The van der Waals surface area contributed by atoms with Gasteiger partial charge in [0.05, 0.1) is 36.0 Å². The molecule has 4 rings (SSSR count). The summed E-state index contributed by atoms with van der Waals surface area (Å²) in [4.78, 5) is 23.3. The second kappa shape index (κ2) is 9.19. The standard InChI is InChI=1S/C24H25F3N4O3/c1-13(11-32)9-31(10-17-5-4-16(8-29-17)24(25,26)27)23(33)15-3-6-20-18(7-15)19-12-34-14(2)21(19)22(28)30-20/h3-8,13-14,32H,9-12H2,1-2H3,(H2,28,30)/t13-,14-/m0/s1. The summed E-state index contributed by atoms with van der Waals surface area (Å²) in [7, 11) is 0. The number of carbonyl (C=O) groups excluding carboxylic acids is 1. The van der Waals surface area contributed by atoms with E-state index in [-0.39, 0.29) is 37.6 Å². The van der Waals surface area contributed by atoms with Gasteiger partial charge in [0.25, 0.3) is 5.91 Å². The quantitative estimate of drug-likeness (QED) is 0.558. The van der Waals surface area contributed by atoms with E-state index >= 15 is 0 Å². The molecule has 0 aliphatic carbocycles. The predicted octanol–water partition coefficient (Wildman–Crippen LogP) is 4.09. The van der Waals surface area contributed by atoms with E-state index < -0.39 is 11.7 Å². The highest BCUT2D eigenvalue weighted by Crippen LogP contribution is 2.38. The number of alkyl halides is 3. The number of nitrogens with two attached hydrogens (primary N) is 1. The van der Waals surface area contributed by atoms with Gasteiger partial charge in [-0.15, -0.1) is 0 Å².